The number of carbonyl (C=O) groups excluding carboxylic acids is 1. The van der Waals surface area contributed by atoms with Gasteiger partial charge in [0.2, 0.25) is 5.91 Å². The topological polar surface area (TPSA) is 64.3 Å². The van der Waals surface area contributed by atoms with Crippen molar-refractivity contribution in [3.05, 3.63) is 35.6 Å². The molecule has 0 aliphatic carbocycles. The van der Waals surface area contributed by atoms with Crippen LogP contribution in [0.2, 0.25) is 0 Å². The van der Waals surface area contributed by atoms with E-state index in [0.29, 0.717) is 13.0 Å². The van der Waals surface area contributed by atoms with Gasteiger partial charge in [0.05, 0.1) is 12.1 Å². The average Bonchev–Trinajstić information content (AvgIpc) is 2.38. The van der Waals surface area contributed by atoms with Crippen LogP contribution in [0, 0.1) is 5.82 Å². The third kappa shape index (κ3) is 5.36. The van der Waals surface area contributed by atoms with Crippen LogP contribution in [0.25, 0.3) is 0 Å². The van der Waals surface area contributed by atoms with E-state index in [1.165, 1.54) is 12.1 Å². The standard InChI is InChI=1S/C14H21FN2O2/c1-10(11-5-3-6-12(15)9-11)17-14(18)13(16)7-4-8-19-2/h3,5-6,9-10,13H,4,7-8,16H2,1-2H3,(H,17,18). The minimum atomic E-state index is -0.564. The molecular formula is C14H21FN2O2. The third-order valence-corrected chi connectivity index (χ3v) is 2.91. The molecular weight excluding hydrogens is 247 g/mol. The number of nitrogens with one attached hydrogen (secondary N) is 1. The van der Waals surface area contributed by atoms with Gasteiger partial charge in [0.25, 0.3) is 0 Å². The Bertz CT molecular complexity index is 412. The Kier molecular flexibility index (Phi) is 6.45. The van der Waals surface area contributed by atoms with Gasteiger partial charge in [-0.15, -0.1) is 0 Å². The van der Waals surface area contributed by atoms with Crippen molar-refractivity contribution in [1.82, 2.24) is 5.32 Å². The Morgan fingerprint density at radius 3 is 2.89 bits per heavy atom. The summed E-state index contributed by atoms with van der Waals surface area (Å²) in [6.45, 7) is 2.38. The number of rotatable bonds is 7. The van der Waals surface area contributed by atoms with Gasteiger partial charge in [-0.1, -0.05) is 12.1 Å². The molecule has 0 saturated carbocycles. The molecule has 3 N–H and O–H groups in total. The minimum absolute atomic E-state index is 0.229. The van der Waals surface area contributed by atoms with Gasteiger partial charge in [-0.2, -0.15) is 0 Å². The highest BCUT2D eigenvalue weighted by molar-refractivity contribution is 5.81. The van der Waals surface area contributed by atoms with Crippen LogP contribution in [0.5, 0.6) is 0 Å². The van der Waals surface area contributed by atoms with Crippen molar-refractivity contribution in [3.8, 4) is 0 Å². The molecule has 0 aliphatic rings. The lowest BCUT2D eigenvalue weighted by atomic mass is 10.1. The van der Waals surface area contributed by atoms with Crippen molar-refractivity contribution in [2.24, 2.45) is 5.73 Å². The molecule has 1 amide bonds. The van der Waals surface area contributed by atoms with Crippen LogP contribution in [0.4, 0.5) is 4.39 Å². The first-order valence-corrected chi connectivity index (χ1v) is 6.35. The zero-order valence-corrected chi connectivity index (χ0v) is 11.4. The molecule has 1 aromatic rings. The molecule has 1 aromatic carbocycles. The summed E-state index contributed by atoms with van der Waals surface area (Å²) in [4.78, 5) is 11.8. The molecule has 4 nitrogen and oxygen atoms in total. The van der Waals surface area contributed by atoms with E-state index in [1.54, 1.807) is 26.2 Å². The predicted molar refractivity (Wildman–Crippen MR) is 72.0 cm³/mol. The molecule has 0 heterocycles. The molecule has 0 bridgehead atoms. The summed E-state index contributed by atoms with van der Waals surface area (Å²) in [5, 5.41) is 2.78. The maximum atomic E-state index is 13.1. The Balaban J connectivity index is 2.47. The predicted octanol–water partition coefficient (Wildman–Crippen LogP) is 1.76. The highest BCUT2D eigenvalue weighted by atomic mass is 19.1. The van der Waals surface area contributed by atoms with Crippen molar-refractivity contribution in [2.45, 2.75) is 31.8 Å². The first-order valence-electron chi connectivity index (χ1n) is 6.35. The van der Waals surface area contributed by atoms with E-state index in [1.807, 2.05) is 0 Å². The van der Waals surface area contributed by atoms with Crippen LogP contribution >= 0.6 is 0 Å². The summed E-state index contributed by atoms with van der Waals surface area (Å²) in [7, 11) is 1.61. The normalized spacial score (nSPS) is 13.9. The summed E-state index contributed by atoms with van der Waals surface area (Å²) in [6.07, 6.45) is 1.30. The molecule has 106 valence electrons. The Hall–Kier alpha value is -1.46. The monoisotopic (exact) mass is 268 g/mol. The fourth-order valence-corrected chi connectivity index (χ4v) is 1.76. The first kappa shape index (κ1) is 15.6. The van der Waals surface area contributed by atoms with E-state index in [4.69, 9.17) is 10.5 Å². The Morgan fingerprint density at radius 2 is 2.26 bits per heavy atom. The Morgan fingerprint density at radius 1 is 1.53 bits per heavy atom. The zero-order chi connectivity index (χ0) is 14.3. The number of hydrogen-bond acceptors (Lipinski definition) is 3. The van der Waals surface area contributed by atoms with E-state index < -0.39 is 6.04 Å². The quantitative estimate of drug-likeness (QED) is 0.741. The summed E-state index contributed by atoms with van der Waals surface area (Å²) in [5.74, 6) is -0.546. The number of methoxy groups -OCH3 is 1. The molecule has 2 atom stereocenters. The van der Waals surface area contributed by atoms with Crippen molar-refractivity contribution in [1.29, 1.82) is 0 Å². The smallest absolute Gasteiger partial charge is 0.237 e. The van der Waals surface area contributed by atoms with Crippen molar-refractivity contribution >= 4 is 5.91 Å². The molecule has 1 rings (SSSR count). The van der Waals surface area contributed by atoms with Gasteiger partial charge in [-0.05, 0) is 37.5 Å². The molecule has 19 heavy (non-hydrogen) atoms. The lowest BCUT2D eigenvalue weighted by Crippen LogP contribution is -2.41. The molecule has 0 aromatic heterocycles. The van der Waals surface area contributed by atoms with Crippen molar-refractivity contribution < 1.29 is 13.9 Å². The fourth-order valence-electron chi connectivity index (χ4n) is 1.76. The molecule has 0 saturated heterocycles. The Labute approximate surface area is 113 Å². The number of hydrogen-bond donors (Lipinski definition) is 2. The van der Waals surface area contributed by atoms with Crippen LogP contribution in [0.1, 0.15) is 31.4 Å². The van der Waals surface area contributed by atoms with Gasteiger partial charge in [0.15, 0.2) is 0 Å². The average molecular weight is 268 g/mol. The second kappa shape index (κ2) is 7.86. The van der Waals surface area contributed by atoms with Gasteiger partial charge in [0, 0.05) is 13.7 Å². The summed E-state index contributed by atoms with van der Waals surface area (Å²) in [5.41, 5.74) is 6.49. The molecule has 0 fully saturated rings. The number of benzene rings is 1. The van der Waals surface area contributed by atoms with Crippen LogP contribution < -0.4 is 11.1 Å². The maximum Gasteiger partial charge on any atom is 0.237 e. The minimum Gasteiger partial charge on any atom is -0.385 e. The second-order valence-corrected chi connectivity index (χ2v) is 4.53. The van der Waals surface area contributed by atoms with Gasteiger partial charge >= 0.3 is 0 Å². The number of ether oxygens (including phenoxy) is 1. The summed E-state index contributed by atoms with van der Waals surface area (Å²) >= 11 is 0. The number of halogens is 1. The molecule has 0 spiro atoms. The molecule has 0 aliphatic heterocycles. The summed E-state index contributed by atoms with van der Waals surface area (Å²) in [6, 6.07) is 5.33. The van der Waals surface area contributed by atoms with Gasteiger partial charge in [-0.3, -0.25) is 4.79 Å². The van der Waals surface area contributed by atoms with Gasteiger partial charge in [-0.25, -0.2) is 4.39 Å². The maximum absolute atomic E-state index is 13.1. The largest absolute Gasteiger partial charge is 0.385 e. The van der Waals surface area contributed by atoms with Crippen LogP contribution in [-0.4, -0.2) is 25.7 Å². The van der Waals surface area contributed by atoms with E-state index in [0.717, 1.165) is 12.0 Å². The van der Waals surface area contributed by atoms with Gasteiger partial charge < -0.3 is 15.8 Å². The molecule has 0 radical (unpaired) electrons. The lowest BCUT2D eigenvalue weighted by Gasteiger charge is -2.18. The lowest BCUT2D eigenvalue weighted by molar-refractivity contribution is -0.123. The highest BCUT2D eigenvalue weighted by Gasteiger charge is 2.16. The van der Waals surface area contributed by atoms with Crippen molar-refractivity contribution in [2.75, 3.05) is 13.7 Å². The highest BCUT2D eigenvalue weighted by Crippen LogP contribution is 2.13. The van der Waals surface area contributed by atoms with E-state index >= 15 is 0 Å². The third-order valence-electron chi connectivity index (χ3n) is 2.91. The molecule has 5 heteroatoms. The SMILES string of the molecule is COCCCC(N)C(=O)NC(C)c1cccc(F)c1. The number of carbonyl (C=O) groups is 1. The van der Waals surface area contributed by atoms with Gasteiger partial charge in [0.1, 0.15) is 5.82 Å². The second-order valence-electron chi connectivity index (χ2n) is 4.53. The van der Waals surface area contributed by atoms with Crippen LogP contribution in [0.3, 0.4) is 0 Å². The van der Waals surface area contributed by atoms with E-state index in [9.17, 15) is 9.18 Å². The van der Waals surface area contributed by atoms with Crippen molar-refractivity contribution in [3.63, 3.8) is 0 Å². The zero-order valence-electron chi connectivity index (χ0n) is 11.4. The fraction of sp³-hybridized carbons (Fsp3) is 0.500. The van der Waals surface area contributed by atoms with Crippen LogP contribution in [-0.2, 0) is 9.53 Å². The first-order chi connectivity index (χ1) is 9.04. The summed E-state index contributed by atoms with van der Waals surface area (Å²) < 4.78 is 18.0. The van der Waals surface area contributed by atoms with E-state index in [2.05, 4.69) is 5.32 Å². The number of nitrogens with two attached hydrogens (primary N) is 1. The van der Waals surface area contributed by atoms with Crippen LogP contribution in [0.15, 0.2) is 24.3 Å². The molecule has 2 unspecified atom stereocenters. The van der Waals surface area contributed by atoms with E-state index in [-0.39, 0.29) is 17.8 Å². The number of amides is 1.